The SMILES string of the molecule is COc1ccccc1-n1nnnc1C1CCCNC1. The molecular weight excluding hydrogens is 242 g/mol. The Hall–Kier alpha value is -1.95. The van der Waals surface area contributed by atoms with E-state index in [1.54, 1.807) is 11.8 Å². The predicted molar refractivity (Wildman–Crippen MR) is 70.6 cm³/mol. The van der Waals surface area contributed by atoms with E-state index in [2.05, 4.69) is 20.8 Å². The van der Waals surface area contributed by atoms with Crippen molar-refractivity contribution in [3.63, 3.8) is 0 Å². The highest BCUT2D eigenvalue weighted by atomic mass is 16.5. The Labute approximate surface area is 111 Å². The maximum Gasteiger partial charge on any atom is 0.161 e. The van der Waals surface area contributed by atoms with Crippen LogP contribution < -0.4 is 10.1 Å². The van der Waals surface area contributed by atoms with Crippen LogP contribution in [0.2, 0.25) is 0 Å². The summed E-state index contributed by atoms with van der Waals surface area (Å²) >= 11 is 0. The lowest BCUT2D eigenvalue weighted by molar-refractivity contribution is 0.407. The van der Waals surface area contributed by atoms with Crippen LogP contribution >= 0.6 is 0 Å². The van der Waals surface area contributed by atoms with Crippen molar-refractivity contribution < 1.29 is 4.74 Å². The number of hydrogen-bond donors (Lipinski definition) is 1. The highest BCUT2D eigenvalue weighted by Gasteiger charge is 2.23. The third kappa shape index (κ3) is 2.31. The Morgan fingerprint density at radius 2 is 2.26 bits per heavy atom. The Morgan fingerprint density at radius 1 is 1.37 bits per heavy atom. The van der Waals surface area contributed by atoms with Crippen molar-refractivity contribution in [1.29, 1.82) is 0 Å². The highest BCUT2D eigenvalue weighted by molar-refractivity contribution is 5.46. The largest absolute Gasteiger partial charge is 0.494 e. The molecule has 2 heterocycles. The average Bonchev–Trinajstić information content (AvgIpc) is 2.97. The van der Waals surface area contributed by atoms with Crippen LogP contribution in [-0.4, -0.2) is 40.4 Å². The highest BCUT2D eigenvalue weighted by Crippen LogP contribution is 2.27. The summed E-state index contributed by atoms with van der Waals surface area (Å²) < 4.78 is 7.17. The molecule has 1 aliphatic rings. The van der Waals surface area contributed by atoms with Gasteiger partial charge in [-0.15, -0.1) is 5.10 Å². The minimum absolute atomic E-state index is 0.355. The lowest BCUT2D eigenvalue weighted by atomic mass is 9.99. The number of hydrogen-bond acceptors (Lipinski definition) is 5. The van der Waals surface area contributed by atoms with Gasteiger partial charge in [-0.25, -0.2) is 0 Å². The van der Waals surface area contributed by atoms with E-state index in [1.807, 2.05) is 24.3 Å². The molecule has 0 aliphatic carbocycles. The number of rotatable bonds is 3. The molecule has 100 valence electrons. The van der Waals surface area contributed by atoms with Crippen LogP contribution in [0, 0.1) is 0 Å². The summed E-state index contributed by atoms with van der Waals surface area (Å²) in [6.45, 7) is 2.00. The summed E-state index contributed by atoms with van der Waals surface area (Å²) in [5.41, 5.74) is 0.885. The molecule has 1 aliphatic heterocycles. The van der Waals surface area contributed by atoms with Gasteiger partial charge in [0.15, 0.2) is 5.82 Å². The molecule has 1 N–H and O–H groups in total. The van der Waals surface area contributed by atoms with Crippen molar-refractivity contribution in [2.45, 2.75) is 18.8 Å². The number of nitrogens with one attached hydrogen (secondary N) is 1. The van der Waals surface area contributed by atoms with E-state index in [1.165, 1.54) is 0 Å². The number of nitrogens with zero attached hydrogens (tertiary/aromatic N) is 4. The molecule has 0 amide bonds. The summed E-state index contributed by atoms with van der Waals surface area (Å²) in [7, 11) is 1.66. The second-order valence-corrected chi connectivity index (χ2v) is 4.66. The lowest BCUT2D eigenvalue weighted by Crippen LogP contribution is -2.30. The number of aromatic nitrogens is 4. The summed E-state index contributed by atoms with van der Waals surface area (Å²) in [5, 5.41) is 15.5. The molecule has 6 nitrogen and oxygen atoms in total. The number of piperidine rings is 1. The Kier molecular flexibility index (Phi) is 3.41. The number of para-hydroxylation sites is 2. The fourth-order valence-corrected chi connectivity index (χ4v) is 2.50. The molecule has 1 fully saturated rings. The predicted octanol–water partition coefficient (Wildman–Crippen LogP) is 1.14. The zero-order valence-corrected chi connectivity index (χ0v) is 10.9. The molecule has 1 aromatic heterocycles. The summed E-state index contributed by atoms with van der Waals surface area (Å²) in [6, 6.07) is 7.78. The molecule has 2 aromatic rings. The van der Waals surface area contributed by atoms with Gasteiger partial charge in [-0.2, -0.15) is 4.68 Å². The number of ether oxygens (including phenoxy) is 1. The summed E-state index contributed by atoms with van der Waals surface area (Å²) in [4.78, 5) is 0. The van der Waals surface area contributed by atoms with E-state index in [4.69, 9.17) is 4.74 Å². The van der Waals surface area contributed by atoms with E-state index in [0.29, 0.717) is 5.92 Å². The van der Waals surface area contributed by atoms with Gasteiger partial charge in [-0.3, -0.25) is 0 Å². The Morgan fingerprint density at radius 3 is 3.05 bits per heavy atom. The zero-order chi connectivity index (χ0) is 13.1. The number of benzene rings is 1. The topological polar surface area (TPSA) is 64.9 Å². The number of tetrazole rings is 1. The van der Waals surface area contributed by atoms with Gasteiger partial charge < -0.3 is 10.1 Å². The van der Waals surface area contributed by atoms with E-state index < -0.39 is 0 Å². The maximum absolute atomic E-state index is 5.38. The summed E-state index contributed by atoms with van der Waals surface area (Å²) in [5.74, 6) is 2.03. The van der Waals surface area contributed by atoms with Gasteiger partial charge in [0, 0.05) is 12.5 Å². The van der Waals surface area contributed by atoms with Gasteiger partial charge in [-0.1, -0.05) is 12.1 Å². The summed E-state index contributed by atoms with van der Waals surface area (Å²) in [6.07, 6.45) is 2.27. The molecule has 3 rings (SSSR count). The van der Waals surface area contributed by atoms with Crippen molar-refractivity contribution in [3.05, 3.63) is 30.1 Å². The van der Waals surface area contributed by atoms with Gasteiger partial charge in [0.05, 0.1) is 7.11 Å². The van der Waals surface area contributed by atoms with E-state index in [0.717, 1.165) is 43.2 Å². The molecule has 19 heavy (non-hydrogen) atoms. The Bertz CT molecular complexity index is 547. The van der Waals surface area contributed by atoms with Gasteiger partial charge in [0.2, 0.25) is 0 Å². The minimum atomic E-state index is 0.355. The van der Waals surface area contributed by atoms with Crippen LogP contribution in [0.3, 0.4) is 0 Å². The molecule has 1 unspecified atom stereocenters. The van der Waals surface area contributed by atoms with Crippen molar-refractivity contribution in [1.82, 2.24) is 25.5 Å². The standard InChI is InChI=1S/C13H17N5O/c1-19-12-7-3-2-6-11(12)18-13(15-16-17-18)10-5-4-8-14-9-10/h2-3,6-7,10,14H,4-5,8-9H2,1H3. The van der Waals surface area contributed by atoms with E-state index in [-0.39, 0.29) is 0 Å². The molecule has 1 aromatic carbocycles. The molecular formula is C13H17N5O. The van der Waals surface area contributed by atoms with Crippen LogP contribution in [0.4, 0.5) is 0 Å². The van der Waals surface area contributed by atoms with Crippen molar-refractivity contribution in [2.75, 3.05) is 20.2 Å². The monoisotopic (exact) mass is 259 g/mol. The van der Waals surface area contributed by atoms with Crippen LogP contribution in [0.1, 0.15) is 24.6 Å². The Balaban J connectivity index is 1.99. The van der Waals surface area contributed by atoms with Gasteiger partial charge in [0.1, 0.15) is 11.4 Å². The third-order valence-electron chi connectivity index (χ3n) is 3.47. The van der Waals surface area contributed by atoms with Crippen molar-refractivity contribution >= 4 is 0 Å². The number of methoxy groups -OCH3 is 1. The van der Waals surface area contributed by atoms with E-state index in [9.17, 15) is 0 Å². The molecule has 0 spiro atoms. The first-order valence-corrected chi connectivity index (χ1v) is 6.52. The maximum atomic E-state index is 5.38. The first-order chi connectivity index (χ1) is 9.40. The van der Waals surface area contributed by atoms with Crippen molar-refractivity contribution in [2.24, 2.45) is 0 Å². The van der Waals surface area contributed by atoms with Crippen molar-refractivity contribution in [3.8, 4) is 11.4 Å². The van der Waals surface area contributed by atoms with Crippen LogP contribution in [-0.2, 0) is 0 Å². The quantitative estimate of drug-likeness (QED) is 0.895. The second kappa shape index (κ2) is 5.36. The van der Waals surface area contributed by atoms with Crippen LogP contribution in [0.25, 0.3) is 5.69 Å². The fraction of sp³-hybridized carbons (Fsp3) is 0.462. The van der Waals surface area contributed by atoms with Crippen LogP contribution in [0.5, 0.6) is 5.75 Å². The smallest absolute Gasteiger partial charge is 0.161 e. The minimum Gasteiger partial charge on any atom is -0.494 e. The molecule has 1 saturated heterocycles. The lowest BCUT2D eigenvalue weighted by Gasteiger charge is -2.22. The second-order valence-electron chi connectivity index (χ2n) is 4.66. The van der Waals surface area contributed by atoms with Gasteiger partial charge in [0.25, 0.3) is 0 Å². The molecule has 0 radical (unpaired) electrons. The average molecular weight is 259 g/mol. The third-order valence-corrected chi connectivity index (χ3v) is 3.47. The molecule has 6 heteroatoms. The zero-order valence-electron chi connectivity index (χ0n) is 10.9. The molecule has 0 saturated carbocycles. The van der Waals surface area contributed by atoms with Gasteiger partial charge in [-0.05, 0) is 41.9 Å². The van der Waals surface area contributed by atoms with Gasteiger partial charge >= 0.3 is 0 Å². The normalized spacial score (nSPS) is 19.3. The molecule has 0 bridgehead atoms. The van der Waals surface area contributed by atoms with Crippen LogP contribution in [0.15, 0.2) is 24.3 Å². The first-order valence-electron chi connectivity index (χ1n) is 6.52. The van der Waals surface area contributed by atoms with E-state index >= 15 is 0 Å². The fourth-order valence-electron chi connectivity index (χ4n) is 2.50. The molecule has 1 atom stereocenters. The first kappa shape index (κ1) is 12.1.